The number of nitrogens with zero attached hydrogens (tertiary/aromatic N) is 2. The molecule has 0 radical (unpaired) electrons. The Balaban J connectivity index is 2.06. The lowest BCUT2D eigenvalue weighted by Gasteiger charge is -2.15. The highest BCUT2D eigenvalue weighted by Gasteiger charge is 2.19. The van der Waals surface area contributed by atoms with Crippen LogP contribution in [0.3, 0.4) is 0 Å². The molecule has 0 spiro atoms. The molecule has 136 valence electrons. The van der Waals surface area contributed by atoms with E-state index in [1.807, 2.05) is 6.92 Å². The molecule has 0 aliphatic heterocycles. The van der Waals surface area contributed by atoms with E-state index in [-0.39, 0.29) is 36.2 Å². The smallest absolute Gasteiger partial charge is 0.277 e. The lowest BCUT2D eigenvalue weighted by Crippen LogP contribution is -2.39. The molecule has 0 aliphatic rings. The summed E-state index contributed by atoms with van der Waals surface area (Å²) in [6.07, 6.45) is 0.851. The number of likely N-dealkylation sites (N-methyl/N-ethyl adjacent to an activating group) is 1. The Kier molecular flexibility index (Phi) is 5.92. The van der Waals surface area contributed by atoms with Gasteiger partial charge in [-0.05, 0) is 27.3 Å². The fourth-order valence-electron chi connectivity index (χ4n) is 2.56. The minimum Gasteiger partial charge on any atom is -0.444 e. The maximum Gasteiger partial charge on any atom is 0.277 e. The number of carbonyl (C=O) groups is 2. The van der Waals surface area contributed by atoms with Gasteiger partial charge in [-0.3, -0.25) is 24.6 Å². The predicted molar refractivity (Wildman–Crippen MR) is 93.5 cm³/mol. The van der Waals surface area contributed by atoms with Gasteiger partial charge in [0.2, 0.25) is 17.7 Å². The van der Waals surface area contributed by atoms with Gasteiger partial charge in [-0.25, -0.2) is 5.10 Å². The highest BCUT2D eigenvalue weighted by atomic mass is 16.4. The highest BCUT2D eigenvalue weighted by molar-refractivity contribution is 6.02. The summed E-state index contributed by atoms with van der Waals surface area (Å²) in [6.45, 7) is 6.11. The van der Waals surface area contributed by atoms with Crippen molar-refractivity contribution in [3.63, 3.8) is 0 Å². The molecule has 3 N–H and O–H groups in total. The largest absolute Gasteiger partial charge is 0.444 e. The summed E-state index contributed by atoms with van der Waals surface area (Å²) >= 11 is 0. The van der Waals surface area contributed by atoms with Crippen LogP contribution in [-0.4, -0.2) is 53.6 Å². The first kappa shape index (κ1) is 18.7. The van der Waals surface area contributed by atoms with Crippen LogP contribution < -0.4 is 16.2 Å². The number of aryl methyl sites for hydroxylation is 2. The molecule has 0 fully saturated rings. The van der Waals surface area contributed by atoms with Gasteiger partial charge < -0.3 is 9.73 Å². The Morgan fingerprint density at radius 3 is 2.56 bits per heavy atom. The van der Waals surface area contributed by atoms with Crippen molar-refractivity contribution in [1.82, 2.24) is 20.4 Å². The van der Waals surface area contributed by atoms with E-state index < -0.39 is 5.56 Å². The van der Waals surface area contributed by atoms with E-state index in [4.69, 9.17) is 4.42 Å². The van der Waals surface area contributed by atoms with Crippen molar-refractivity contribution in [2.45, 2.75) is 27.2 Å². The lowest BCUT2D eigenvalue weighted by atomic mass is 10.2. The number of fused-ring (bicyclic) bond motifs is 1. The Morgan fingerprint density at radius 1 is 1.20 bits per heavy atom. The minimum atomic E-state index is -0.431. The van der Waals surface area contributed by atoms with Gasteiger partial charge in [0.15, 0.2) is 0 Å². The number of furan rings is 1. The molecule has 2 rings (SSSR count). The van der Waals surface area contributed by atoms with Crippen molar-refractivity contribution >= 4 is 28.5 Å². The second-order valence-corrected chi connectivity index (χ2v) is 5.95. The van der Waals surface area contributed by atoms with E-state index in [0.29, 0.717) is 23.4 Å². The Morgan fingerprint density at radius 2 is 1.88 bits per heavy atom. The van der Waals surface area contributed by atoms with Crippen LogP contribution in [0, 0.1) is 13.8 Å². The van der Waals surface area contributed by atoms with E-state index in [9.17, 15) is 14.4 Å². The van der Waals surface area contributed by atoms with Crippen LogP contribution in [0.4, 0.5) is 5.88 Å². The number of hydrogen-bond acceptors (Lipinski definition) is 6. The Hall–Kier alpha value is -2.68. The maximum atomic E-state index is 12.2. The van der Waals surface area contributed by atoms with Crippen LogP contribution in [-0.2, 0) is 9.59 Å². The standard InChI is InChI=1S/C16H23N5O4/c1-5-6-17-11(22)7-21(4)8-12(23)18-16-14-13(10(3)25-16)9(2)19-20-15(14)24/h5-8H2,1-4H3,(H,17,22)(H,18,23)(H,20,24). The summed E-state index contributed by atoms with van der Waals surface area (Å²) in [6, 6.07) is 0. The van der Waals surface area contributed by atoms with E-state index in [1.54, 1.807) is 25.8 Å². The van der Waals surface area contributed by atoms with Crippen molar-refractivity contribution in [1.29, 1.82) is 0 Å². The van der Waals surface area contributed by atoms with Gasteiger partial charge in [-0.2, -0.15) is 5.10 Å². The summed E-state index contributed by atoms with van der Waals surface area (Å²) < 4.78 is 5.52. The quantitative estimate of drug-likeness (QED) is 0.670. The van der Waals surface area contributed by atoms with Gasteiger partial charge in [-0.15, -0.1) is 0 Å². The first-order valence-corrected chi connectivity index (χ1v) is 8.07. The number of aromatic nitrogens is 2. The molecule has 0 bridgehead atoms. The van der Waals surface area contributed by atoms with Gasteiger partial charge in [0, 0.05) is 6.54 Å². The number of rotatable bonds is 7. The first-order chi connectivity index (χ1) is 11.8. The summed E-state index contributed by atoms with van der Waals surface area (Å²) in [7, 11) is 1.66. The fraction of sp³-hybridized carbons (Fsp3) is 0.500. The number of hydrogen-bond donors (Lipinski definition) is 3. The van der Waals surface area contributed by atoms with Crippen molar-refractivity contribution in [2.75, 3.05) is 32.0 Å². The summed E-state index contributed by atoms with van der Waals surface area (Å²) in [5, 5.41) is 12.5. The van der Waals surface area contributed by atoms with Crippen LogP contribution in [0.25, 0.3) is 10.8 Å². The topological polar surface area (TPSA) is 120 Å². The average molecular weight is 349 g/mol. The van der Waals surface area contributed by atoms with E-state index in [0.717, 1.165) is 6.42 Å². The van der Waals surface area contributed by atoms with Crippen molar-refractivity contribution in [3.05, 3.63) is 21.8 Å². The summed E-state index contributed by atoms with van der Waals surface area (Å²) in [4.78, 5) is 37.5. The molecule has 0 aliphatic carbocycles. The molecule has 2 heterocycles. The molecule has 0 atom stereocenters. The zero-order valence-corrected chi connectivity index (χ0v) is 14.9. The number of carbonyl (C=O) groups excluding carboxylic acids is 2. The third-order valence-electron chi connectivity index (χ3n) is 3.65. The summed E-state index contributed by atoms with van der Waals surface area (Å²) in [5.74, 6) is 0.0756. The molecule has 0 unspecified atom stereocenters. The molecule has 2 amide bonds. The number of nitrogens with one attached hydrogen (secondary N) is 3. The second-order valence-electron chi connectivity index (χ2n) is 5.95. The zero-order valence-electron chi connectivity index (χ0n) is 14.9. The van der Waals surface area contributed by atoms with Crippen molar-refractivity contribution in [2.24, 2.45) is 0 Å². The van der Waals surface area contributed by atoms with Crippen LogP contribution in [0.1, 0.15) is 24.8 Å². The highest BCUT2D eigenvalue weighted by Crippen LogP contribution is 2.28. The van der Waals surface area contributed by atoms with Gasteiger partial charge in [0.25, 0.3) is 5.56 Å². The average Bonchev–Trinajstić information content (AvgIpc) is 2.86. The second kappa shape index (κ2) is 7.93. The number of H-pyrrole nitrogens is 1. The molecular formula is C16H23N5O4. The molecule has 0 aromatic carbocycles. The molecule has 9 nitrogen and oxygen atoms in total. The third-order valence-corrected chi connectivity index (χ3v) is 3.65. The Labute approximate surface area is 144 Å². The number of amides is 2. The van der Waals surface area contributed by atoms with Gasteiger partial charge in [0.1, 0.15) is 11.1 Å². The monoisotopic (exact) mass is 349 g/mol. The van der Waals surface area contributed by atoms with E-state index in [2.05, 4.69) is 20.8 Å². The maximum absolute atomic E-state index is 12.2. The van der Waals surface area contributed by atoms with E-state index >= 15 is 0 Å². The zero-order chi connectivity index (χ0) is 18.6. The minimum absolute atomic E-state index is 0.0112. The number of anilines is 1. The molecule has 25 heavy (non-hydrogen) atoms. The first-order valence-electron chi connectivity index (χ1n) is 8.07. The molecule has 0 saturated heterocycles. The van der Waals surface area contributed by atoms with Crippen molar-refractivity contribution < 1.29 is 14.0 Å². The number of aromatic amines is 1. The fourth-order valence-corrected chi connectivity index (χ4v) is 2.56. The molecule has 0 saturated carbocycles. The van der Waals surface area contributed by atoms with Crippen LogP contribution in [0.2, 0.25) is 0 Å². The third kappa shape index (κ3) is 4.44. The van der Waals surface area contributed by atoms with Gasteiger partial charge >= 0.3 is 0 Å². The van der Waals surface area contributed by atoms with E-state index in [1.165, 1.54) is 0 Å². The predicted octanol–water partition coefficient (Wildman–Crippen LogP) is 0.529. The molecule has 9 heteroatoms. The lowest BCUT2D eigenvalue weighted by molar-refractivity contribution is -0.122. The van der Waals surface area contributed by atoms with Crippen LogP contribution >= 0.6 is 0 Å². The van der Waals surface area contributed by atoms with Crippen LogP contribution in [0.15, 0.2) is 9.21 Å². The van der Waals surface area contributed by atoms with Crippen molar-refractivity contribution in [3.8, 4) is 0 Å². The Bertz CT molecular complexity index is 839. The van der Waals surface area contributed by atoms with Gasteiger partial charge in [0.05, 0.1) is 24.2 Å². The molecule has 2 aromatic rings. The van der Waals surface area contributed by atoms with Gasteiger partial charge in [-0.1, -0.05) is 6.92 Å². The van der Waals surface area contributed by atoms with Crippen LogP contribution in [0.5, 0.6) is 0 Å². The normalized spacial score (nSPS) is 11.1. The molecule has 2 aromatic heterocycles. The SMILES string of the molecule is CCCNC(=O)CN(C)CC(=O)Nc1oc(C)c2c(C)n[nH]c(=O)c12. The summed E-state index contributed by atoms with van der Waals surface area (Å²) in [5.41, 5.74) is 0.182. The molecular weight excluding hydrogens is 326 g/mol.